The number of carbonyl (C=O) groups excluding carboxylic acids is 1. The number of nitrogens with one attached hydrogen (secondary N) is 1. The third-order valence-electron chi connectivity index (χ3n) is 3.77. The standard InChI is InChI=1S/C16H17N3O/c1-16(2)9-13(19-8-4-7-14(19)20)12-6-3-5-11(10-17)15(12)18-16/h3,5-6,9,18H,4,7-8H2,1-2H3. The van der Waals surface area contributed by atoms with E-state index in [0.29, 0.717) is 12.0 Å². The molecule has 2 aliphatic rings. The molecule has 2 heterocycles. The fourth-order valence-electron chi connectivity index (χ4n) is 2.90. The number of rotatable bonds is 1. The van der Waals surface area contributed by atoms with Gasteiger partial charge in [0.2, 0.25) is 5.91 Å². The van der Waals surface area contributed by atoms with Crippen LogP contribution in [0.15, 0.2) is 24.3 Å². The average Bonchev–Trinajstić information content (AvgIpc) is 2.82. The first-order valence-corrected chi connectivity index (χ1v) is 6.87. The monoisotopic (exact) mass is 267 g/mol. The lowest BCUT2D eigenvalue weighted by Crippen LogP contribution is -2.36. The van der Waals surface area contributed by atoms with Gasteiger partial charge in [-0.05, 0) is 32.4 Å². The van der Waals surface area contributed by atoms with Crippen molar-refractivity contribution in [3.05, 3.63) is 35.4 Å². The van der Waals surface area contributed by atoms with E-state index in [1.807, 2.05) is 30.9 Å². The summed E-state index contributed by atoms with van der Waals surface area (Å²) < 4.78 is 0. The number of fused-ring (bicyclic) bond motifs is 1. The van der Waals surface area contributed by atoms with Crippen LogP contribution in [0, 0.1) is 11.3 Å². The number of nitriles is 1. The molecule has 0 aromatic heterocycles. The largest absolute Gasteiger partial charge is 0.375 e. The van der Waals surface area contributed by atoms with Crippen molar-refractivity contribution >= 4 is 17.3 Å². The van der Waals surface area contributed by atoms with Crippen molar-refractivity contribution in [1.29, 1.82) is 5.26 Å². The van der Waals surface area contributed by atoms with E-state index in [9.17, 15) is 10.1 Å². The van der Waals surface area contributed by atoms with Crippen LogP contribution in [0.25, 0.3) is 5.70 Å². The van der Waals surface area contributed by atoms with Gasteiger partial charge in [0.05, 0.1) is 22.5 Å². The molecule has 102 valence electrons. The first kappa shape index (κ1) is 12.7. The minimum Gasteiger partial charge on any atom is -0.375 e. The van der Waals surface area contributed by atoms with Crippen molar-refractivity contribution < 1.29 is 4.79 Å². The lowest BCUT2D eigenvalue weighted by molar-refractivity contribution is -0.124. The van der Waals surface area contributed by atoms with E-state index < -0.39 is 0 Å². The lowest BCUT2D eigenvalue weighted by atomic mass is 9.91. The third kappa shape index (κ3) is 1.96. The number of hydrogen-bond donors (Lipinski definition) is 1. The van der Waals surface area contributed by atoms with Gasteiger partial charge < -0.3 is 10.2 Å². The second-order valence-electron chi connectivity index (χ2n) is 5.87. The van der Waals surface area contributed by atoms with Crippen molar-refractivity contribution in [3.63, 3.8) is 0 Å². The van der Waals surface area contributed by atoms with Gasteiger partial charge in [-0.1, -0.05) is 12.1 Å². The van der Waals surface area contributed by atoms with Crippen LogP contribution in [0.3, 0.4) is 0 Å². The van der Waals surface area contributed by atoms with Crippen molar-refractivity contribution in [1.82, 2.24) is 4.90 Å². The summed E-state index contributed by atoms with van der Waals surface area (Å²) in [7, 11) is 0. The van der Waals surface area contributed by atoms with Gasteiger partial charge >= 0.3 is 0 Å². The molecule has 0 bridgehead atoms. The van der Waals surface area contributed by atoms with Gasteiger partial charge in [-0.15, -0.1) is 0 Å². The highest BCUT2D eigenvalue weighted by atomic mass is 16.2. The Morgan fingerprint density at radius 3 is 2.85 bits per heavy atom. The van der Waals surface area contributed by atoms with E-state index in [1.165, 1.54) is 0 Å². The van der Waals surface area contributed by atoms with Crippen LogP contribution < -0.4 is 5.32 Å². The molecule has 1 fully saturated rings. The van der Waals surface area contributed by atoms with E-state index in [-0.39, 0.29) is 11.4 Å². The Balaban J connectivity index is 2.17. The second kappa shape index (κ2) is 4.38. The molecule has 1 N–H and O–H groups in total. The van der Waals surface area contributed by atoms with Crippen LogP contribution in [0.1, 0.15) is 37.8 Å². The molecule has 3 rings (SSSR count). The SMILES string of the molecule is CC1(C)C=C(N2CCCC2=O)c2cccc(C#N)c2N1. The minimum absolute atomic E-state index is 0.169. The third-order valence-corrected chi connectivity index (χ3v) is 3.77. The normalized spacial score (nSPS) is 19.9. The lowest BCUT2D eigenvalue weighted by Gasteiger charge is -2.35. The fourth-order valence-corrected chi connectivity index (χ4v) is 2.90. The molecule has 1 aromatic rings. The highest BCUT2D eigenvalue weighted by molar-refractivity contribution is 5.93. The van der Waals surface area contributed by atoms with E-state index in [4.69, 9.17) is 0 Å². The molecule has 0 atom stereocenters. The number of likely N-dealkylation sites (tertiary alicyclic amines) is 1. The van der Waals surface area contributed by atoms with Gasteiger partial charge in [0.1, 0.15) is 6.07 Å². The quantitative estimate of drug-likeness (QED) is 0.851. The zero-order valence-corrected chi connectivity index (χ0v) is 11.7. The number of para-hydroxylation sites is 1. The summed E-state index contributed by atoms with van der Waals surface area (Å²) in [5.41, 5.74) is 3.05. The Morgan fingerprint density at radius 1 is 1.40 bits per heavy atom. The topological polar surface area (TPSA) is 56.1 Å². The van der Waals surface area contributed by atoms with Crippen LogP contribution in [0.2, 0.25) is 0 Å². The van der Waals surface area contributed by atoms with Crippen LogP contribution in [-0.4, -0.2) is 22.9 Å². The molecule has 4 heteroatoms. The van der Waals surface area contributed by atoms with Crippen LogP contribution >= 0.6 is 0 Å². The summed E-state index contributed by atoms with van der Waals surface area (Å²) in [6.45, 7) is 4.85. The number of nitrogens with zero attached hydrogens (tertiary/aromatic N) is 2. The Hall–Kier alpha value is -2.28. The minimum atomic E-state index is -0.280. The number of carbonyl (C=O) groups is 1. The fraction of sp³-hybridized carbons (Fsp3) is 0.375. The highest BCUT2D eigenvalue weighted by Gasteiger charge is 2.32. The molecule has 0 unspecified atom stereocenters. The van der Waals surface area contributed by atoms with E-state index in [2.05, 4.69) is 17.5 Å². The Labute approximate surface area is 118 Å². The molecule has 2 aliphatic heterocycles. The summed E-state index contributed by atoms with van der Waals surface area (Å²) >= 11 is 0. The summed E-state index contributed by atoms with van der Waals surface area (Å²) in [5, 5.41) is 12.7. The van der Waals surface area contributed by atoms with Crippen molar-refractivity contribution in [2.45, 2.75) is 32.2 Å². The maximum atomic E-state index is 12.0. The molecule has 4 nitrogen and oxygen atoms in total. The highest BCUT2D eigenvalue weighted by Crippen LogP contribution is 2.38. The van der Waals surface area contributed by atoms with Crippen molar-refractivity contribution in [3.8, 4) is 6.07 Å². The van der Waals surface area contributed by atoms with Gasteiger partial charge in [-0.2, -0.15) is 5.26 Å². The average molecular weight is 267 g/mol. The Morgan fingerprint density at radius 2 is 2.20 bits per heavy atom. The first-order valence-electron chi connectivity index (χ1n) is 6.87. The number of anilines is 1. The van der Waals surface area contributed by atoms with Crippen LogP contribution in [0.5, 0.6) is 0 Å². The zero-order chi connectivity index (χ0) is 14.3. The van der Waals surface area contributed by atoms with Gasteiger partial charge in [0.15, 0.2) is 0 Å². The number of hydrogen-bond acceptors (Lipinski definition) is 3. The van der Waals surface area contributed by atoms with Gasteiger partial charge in [0.25, 0.3) is 0 Å². The molecule has 0 aliphatic carbocycles. The summed E-state index contributed by atoms with van der Waals surface area (Å²) in [6, 6.07) is 7.86. The van der Waals surface area contributed by atoms with Crippen LogP contribution in [-0.2, 0) is 4.79 Å². The van der Waals surface area contributed by atoms with Crippen molar-refractivity contribution in [2.24, 2.45) is 0 Å². The van der Waals surface area contributed by atoms with E-state index in [1.54, 1.807) is 6.07 Å². The van der Waals surface area contributed by atoms with Gasteiger partial charge in [-0.3, -0.25) is 4.79 Å². The first-order chi connectivity index (χ1) is 9.52. The molecule has 1 aromatic carbocycles. The molecule has 0 spiro atoms. The van der Waals surface area contributed by atoms with Gasteiger partial charge in [0, 0.05) is 18.5 Å². The zero-order valence-electron chi connectivity index (χ0n) is 11.7. The van der Waals surface area contributed by atoms with Crippen molar-refractivity contribution in [2.75, 3.05) is 11.9 Å². The van der Waals surface area contributed by atoms with Crippen LogP contribution in [0.4, 0.5) is 5.69 Å². The van der Waals surface area contributed by atoms with E-state index in [0.717, 1.165) is 29.9 Å². The van der Waals surface area contributed by atoms with Gasteiger partial charge in [-0.25, -0.2) is 0 Å². The number of amides is 1. The molecule has 1 saturated heterocycles. The predicted octanol–water partition coefficient (Wildman–Crippen LogP) is 2.73. The summed E-state index contributed by atoms with van der Waals surface area (Å²) in [6.07, 6.45) is 3.59. The molecule has 0 saturated carbocycles. The molecular weight excluding hydrogens is 250 g/mol. The molecular formula is C16H17N3O. The molecule has 20 heavy (non-hydrogen) atoms. The summed E-state index contributed by atoms with van der Waals surface area (Å²) in [5.74, 6) is 0.169. The summed E-state index contributed by atoms with van der Waals surface area (Å²) in [4.78, 5) is 13.9. The predicted molar refractivity (Wildman–Crippen MR) is 77.8 cm³/mol. The second-order valence-corrected chi connectivity index (χ2v) is 5.87. The smallest absolute Gasteiger partial charge is 0.227 e. The Kier molecular flexibility index (Phi) is 2.79. The molecule has 1 amide bonds. The maximum absolute atomic E-state index is 12.0. The maximum Gasteiger partial charge on any atom is 0.227 e. The molecule has 0 radical (unpaired) electrons. The van der Waals surface area contributed by atoms with E-state index >= 15 is 0 Å². The Bertz CT molecular complexity index is 652. The number of benzene rings is 1.